The van der Waals surface area contributed by atoms with E-state index >= 15 is 0 Å². The van der Waals surface area contributed by atoms with E-state index in [9.17, 15) is 19.8 Å². The summed E-state index contributed by atoms with van der Waals surface area (Å²) in [7, 11) is 0. The van der Waals surface area contributed by atoms with Gasteiger partial charge in [-0.25, -0.2) is 0 Å². The first-order chi connectivity index (χ1) is 13.0. The van der Waals surface area contributed by atoms with Gasteiger partial charge in [0.2, 0.25) is 0 Å². The van der Waals surface area contributed by atoms with E-state index in [4.69, 9.17) is 9.47 Å². The molecular weight excluding hydrogens is 360 g/mol. The SMILES string of the molecule is CC(=O)O[C@H]1C[C@@H]2C(C)(C)[C@H](O)CC[C@@]2(C)[C@@H]2CC(=O)[C@]3(CO)C[C@@]12[C@@H]1O[C@@H]13. The number of aliphatic hydroxyl groups excluding tert-OH is 2. The van der Waals surface area contributed by atoms with Crippen molar-refractivity contribution in [1.82, 2.24) is 0 Å². The van der Waals surface area contributed by atoms with Crippen molar-refractivity contribution in [1.29, 1.82) is 0 Å². The van der Waals surface area contributed by atoms with Gasteiger partial charge in [0.15, 0.2) is 0 Å². The highest BCUT2D eigenvalue weighted by atomic mass is 16.6. The second kappa shape index (κ2) is 5.38. The first-order valence-corrected chi connectivity index (χ1v) is 10.7. The summed E-state index contributed by atoms with van der Waals surface area (Å²) < 4.78 is 12.0. The van der Waals surface area contributed by atoms with Crippen molar-refractivity contribution in [2.75, 3.05) is 6.61 Å². The zero-order valence-electron chi connectivity index (χ0n) is 17.2. The first kappa shape index (κ1) is 19.0. The lowest BCUT2D eigenvalue weighted by Gasteiger charge is -2.66. The monoisotopic (exact) mass is 392 g/mol. The van der Waals surface area contributed by atoms with Crippen LogP contribution in [0.1, 0.15) is 59.8 Å². The fraction of sp³-hybridized carbons (Fsp3) is 0.909. The number of esters is 1. The van der Waals surface area contributed by atoms with Crippen LogP contribution in [-0.4, -0.2) is 53.0 Å². The average Bonchev–Trinajstić information content (AvgIpc) is 3.38. The number of ether oxygens (including phenoxy) is 2. The van der Waals surface area contributed by atoms with Gasteiger partial charge in [0.25, 0.3) is 0 Å². The van der Waals surface area contributed by atoms with Crippen LogP contribution in [-0.2, 0) is 19.1 Å². The molecule has 6 nitrogen and oxygen atoms in total. The number of hydrogen-bond acceptors (Lipinski definition) is 6. The van der Waals surface area contributed by atoms with Gasteiger partial charge in [0, 0.05) is 18.8 Å². The lowest BCUT2D eigenvalue weighted by atomic mass is 9.39. The van der Waals surface area contributed by atoms with Crippen LogP contribution in [0.4, 0.5) is 0 Å². The third-order valence-electron chi connectivity index (χ3n) is 9.73. The number of epoxide rings is 1. The Morgan fingerprint density at radius 3 is 2.61 bits per heavy atom. The molecule has 1 spiro atoms. The zero-order valence-corrected chi connectivity index (χ0v) is 17.2. The molecule has 5 fully saturated rings. The van der Waals surface area contributed by atoms with Crippen molar-refractivity contribution in [3.8, 4) is 0 Å². The molecule has 0 aromatic heterocycles. The van der Waals surface area contributed by atoms with Crippen molar-refractivity contribution in [2.24, 2.45) is 33.5 Å². The highest BCUT2D eigenvalue weighted by molar-refractivity contribution is 5.89. The molecule has 5 rings (SSSR count). The van der Waals surface area contributed by atoms with Gasteiger partial charge >= 0.3 is 5.97 Å². The number of hydrogen-bond donors (Lipinski definition) is 2. The van der Waals surface area contributed by atoms with Gasteiger partial charge in [-0.05, 0) is 48.3 Å². The topological polar surface area (TPSA) is 96.4 Å². The summed E-state index contributed by atoms with van der Waals surface area (Å²) in [5.74, 6) is -0.0185. The Balaban J connectivity index is 1.66. The van der Waals surface area contributed by atoms with E-state index in [1.54, 1.807) is 0 Å². The fourth-order valence-corrected chi connectivity index (χ4v) is 8.31. The van der Waals surface area contributed by atoms with Gasteiger partial charge in [-0.2, -0.15) is 0 Å². The summed E-state index contributed by atoms with van der Waals surface area (Å²) in [5, 5.41) is 20.9. The van der Waals surface area contributed by atoms with E-state index < -0.39 is 16.9 Å². The third-order valence-corrected chi connectivity index (χ3v) is 9.73. The van der Waals surface area contributed by atoms with Crippen LogP contribution in [0, 0.1) is 33.5 Å². The third kappa shape index (κ3) is 1.95. The summed E-state index contributed by atoms with van der Waals surface area (Å²) in [6.45, 7) is 7.73. The van der Waals surface area contributed by atoms with Gasteiger partial charge in [-0.15, -0.1) is 0 Å². The summed E-state index contributed by atoms with van der Waals surface area (Å²) in [5.41, 5.74) is -1.68. The van der Waals surface area contributed by atoms with E-state index in [1.165, 1.54) is 6.92 Å². The molecule has 9 atom stereocenters. The van der Waals surface area contributed by atoms with Crippen LogP contribution in [0.25, 0.3) is 0 Å². The molecule has 28 heavy (non-hydrogen) atoms. The van der Waals surface area contributed by atoms with Gasteiger partial charge < -0.3 is 19.7 Å². The lowest BCUT2D eigenvalue weighted by Crippen LogP contribution is -2.67. The van der Waals surface area contributed by atoms with Gasteiger partial charge in [0.05, 0.1) is 30.3 Å². The standard InChI is InChI=1S/C22H32O6/c1-11(24)27-16-8-12-19(2,3)14(25)5-6-20(12,4)13-7-15(26)21(10-23)9-22(13,16)18-17(21)28-18/h12-14,16-18,23,25H,5-10H2,1-4H3/t12-,13+,14-,16+,17+,18-,20-,21-,22+/m1/s1. The predicted octanol–water partition coefficient (Wildman–Crippen LogP) is 1.85. The molecule has 0 amide bonds. The Morgan fingerprint density at radius 1 is 1.25 bits per heavy atom. The van der Waals surface area contributed by atoms with Crippen molar-refractivity contribution in [2.45, 2.75) is 84.2 Å². The summed E-state index contributed by atoms with van der Waals surface area (Å²) >= 11 is 0. The molecule has 156 valence electrons. The number of rotatable bonds is 2. The summed E-state index contributed by atoms with van der Waals surface area (Å²) in [6, 6.07) is 0. The van der Waals surface area contributed by atoms with E-state index in [1.807, 2.05) is 0 Å². The minimum Gasteiger partial charge on any atom is -0.462 e. The lowest BCUT2D eigenvalue weighted by molar-refractivity contribution is -0.241. The minimum absolute atomic E-state index is 0.0412. The molecule has 1 saturated heterocycles. The van der Waals surface area contributed by atoms with E-state index in [-0.39, 0.29) is 59.3 Å². The number of carbonyl (C=O) groups is 2. The first-order valence-electron chi connectivity index (χ1n) is 10.7. The molecular formula is C22H32O6. The molecule has 0 radical (unpaired) electrons. The van der Waals surface area contributed by atoms with Crippen molar-refractivity contribution in [3.05, 3.63) is 0 Å². The molecule has 2 bridgehead atoms. The summed E-state index contributed by atoms with van der Waals surface area (Å²) in [6.07, 6.45) is 2.13. The van der Waals surface area contributed by atoms with Crippen LogP contribution in [0.3, 0.4) is 0 Å². The Labute approximate surface area is 166 Å². The van der Waals surface area contributed by atoms with Crippen LogP contribution < -0.4 is 0 Å². The van der Waals surface area contributed by atoms with Crippen molar-refractivity contribution in [3.63, 3.8) is 0 Å². The number of aliphatic hydroxyl groups is 2. The molecule has 5 aliphatic rings. The molecule has 0 unspecified atom stereocenters. The smallest absolute Gasteiger partial charge is 0.302 e. The largest absolute Gasteiger partial charge is 0.462 e. The second-order valence-corrected chi connectivity index (χ2v) is 11.0. The fourth-order valence-electron chi connectivity index (χ4n) is 8.31. The van der Waals surface area contributed by atoms with Crippen LogP contribution in [0.15, 0.2) is 0 Å². The molecule has 0 aromatic carbocycles. The molecule has 0 aromatic rings. The Hall–Kier alpha value is -0.980. The van der Waals surface area contributed by atoms with Gasteiger partial charge in [-0.3, -0.25) is 9.59 Å². The maximum Gasteiger partial charge on any atom is 0.302 e. The van der Waals surface area contributed by atoms with Crippen molar-refractivity contribution >= 4 is 11.8 Å². The Morgan fingerprint density at radius 2 is 1.96 bits per heavy atom. The van der Waals surface area contributed by atoms with E-state index in [0.717, 1.165) is 12.8 Å². The molecule has 4 saturated carbocycles. The number of fused-ring (bicyclic) bond motifs is 5. The predicted molar refractivity (Wildman–Crippen MR) is 99.1 cm³/mol. The molecule has 4 aliphatic carbocycles. The molecule has 1 heterocycles. The van der Waals surface area contributed by atoms with Crippen LogP contribution in [0.2, 0.25) is 0 Å². The molecule has 6 heteroatoms. The maximum atomic E-state index is 13.3. The van der Waals surface area contributed by atoms with Crippen LogP contribution >= 0.6 is 0 Å². The minimum atomic E-state index is -0.827. The normalized spacial score (nSPS) is 55.7. The second-order valence-electron chi connectivity index (χ2n) is 11.0. The van der Waals surface area contributed by atoms with Crippen molar-refractivity contribution < 1.29 is 29.3 Å². The average molecular weight is 392 g/mol. The molecule has 1 aliphatic heterocycles. The quantitative estimate of drug-likeness (QED) is 0.550. The number of Topliss-reactive ketones (excluding diaryl/α,β-unsaturated/α-hetero) is 1. The Bertz CT molecular complexity index is 747. The van der Waals surface area contributed by atoms with Gasteiger partial charge in [0.1, 0.15) is 11.9 Å². The molecule has 2 N–H and O–H groups in total. The van der Waals surface area contributed by atoms with Gasteiger partial charge in [-0.1, -0.05) is 20.8 Å². The van der Waals surface area contributed by atoms with E-state index in [2.05, 4.69) is 20.8 Å². The summed E-state index contributed by atoms with van der Waals surface area (Å²) in [4.78, 5) is 25.3. The highest BCUT2D eigenvalue weighted by Gasteiger charge is 2.83. The zero-order chi connectivity index (χ0) is 20.3. The van der Waals surface area contributed by atoms with Crippen LogP contribution in [0.5, 0.6) is 0 Å². The Kier molecular flexibility index (Phi) is 3.65. The highest BCUT2D eigenvalue weighted by Crippen LogP contribution is 2.77. The number of carbonyl (C=O) groups excluding carboxylic acids is 2. The number of ketones is 1. The maximum absolute atomic E-state index is 13.3. The van der Waals surface area contributed by atoms with E-state index in [0.29, 0.717) is 19.3 Å².